The van der Waals surface area contributed by atoms with E-state index >= 15 is 0 Å². The van der Waals surface area contributed by atoms with Crippen LogP contribution in [0.25, 0.3) is 0 Å². The zero-order valence-electron chi connectivity index (χ0n) is 12.4. The van der Waals surface area contributed by atoms with Gasteiger partial charge in [-0.3, -0.25) is 4.79 Å². The molecule has 0 aromatic heterocycles. The van der Waals surface area contributed by atoms with Gasteiger partial charge in [0.15, 0.2) is 0 Å². The van der Waals surface area contributed by atoms with Gasteiger partial charge < -0.3 is 15.0 Å². The van der Waals surface area contributed by atoms with E-state index in [1.807, 2.05) is 17.0 Å². The molecule has 5 nitrogen and oxygen atoms in total. The summed E-state index contributed by atoms with van der Waals surface area (Å²) in [5, 5.41) is 12.3. The molecule has 21 heavy (non-hydrogen) atoms. The number of carbonyl (C=O) groups is 1. The first-order valence-electron chi connectivity index (χ1n) is 7.30. The Kier molecular flexibility index (Phi) is 5.59. The molecule has 1 N–H and O–H groups in total. The summed E-state index contributed by atoms with van der Waals surface area (Å²) < 4.78 is 5.11. The summed E-state index contributed by atoms with van der Waals surface area (Å²) in [5.41, 5.74) is 1.55. The number of rotatable bonds is 6. The Morgan fingerprint density at radius 3 is 2.86 bits per heavy atom. The Bertz CT molecular complexity index is 531. The predicted octanol–water partition coefficient (Wildman–Crippen LogP) is 1.67. The maximum atomic E-state index is 11.9. The number of nitriles is 1. The lowest BCUT2D eigenvalue weighted by Gasteiger charge is -2.15. The second kappa shape index (κ2) is 7.65. The molecule has 2 rings (SSSR count). The highest BCUT2D eigenvalue weighted by Crippen LogP contribution is 2.18. The molecule has 0 aliphatic carbocycles. The fourth-order valence-electron chi connectivity index (χ4n) is 2.51. The van der Waals surface area contributed by atoms with Crippen LogP contribution in [0.2, 0.25) is 0 Å². The maximum Gasteiger partial charge on any atom is 0.223 e. The second-order valence-electron chi connectivity index (χ2n) is 5.16. The minimum Gasteiger partial charge on any atom is -0.495 e. The Balaban J connectivity index is 1.76. The van der Waals surface area contributed by atoms with Gasteiger partial charge in [-0.1, -0.05) is 6.07 Å². The summed E-state index contributed by atoms with van der Waals surface area (Å²) in [6.07, 6.45) is 2.78. The van der Waals surface area contributed by atoms with Gasteiger partial charge in [0, 0.05) is 32.6 Å². The molecule has 0 atom stereocenters. The van der Waals surface area contributed by atoms with Crippen molar-refractivity contribution in [3.63, 3.8) is 0 Å². The van der Waals surface area contributed by atoms with Gasteiger partial charge in [0.2, 0.25) is 5.91 Å². The monoisotopic (exact) mass is 287 g/mol. The van der Waals surface area contributed by atoms with E-state index in [9.17, 15) is 4.79 Å². The average molecular weight is 287 g/mol. The number of benzene rings is 1. The molecule has 0 bridgehead atoms. The molecule has 1 aromatic rings. The fraction of sp³-hybridized carbons (Fsp3) is 0.500. The van der Waals surface area contributed by atoms with Crippen LogP contribution >= 0.6 is 0 Å². The van der Waals surface area contributed by atoms with Crippen LogP contribution in [-0.2, 0) is 11.3 Å². The standard InChI is InChI=1S/C16H21N3O2/c1-21-15-5-4-13(10-14(15)11-17)12-18-7-6-16(20)19-8-2-3-9-19/h4-5,10,18H,2-3,6-9,12H2,1H3. The molecule has 5 heteroatoms. The van der Waals surface area contributed by atoms with Crippen LogP contribution in [-0.4, -0.2) is 37.6 Å². The number of hydrogen-bond acceptors (Lipinski definition) is 4. The van der Waals surface area contributed by atoms with E-state index in [4.69, 9.17) is 10.00 Å². The first kappa shape index (κ1) is 15.3. The number of amides is 1. The molecule has 0 saturated carbocycles. The van der Waals surface area contributed by atoms with Crippen molar-refractivity contribution >= 4 is 5.91 Å². The third-order valence-electron chi connectivity index (χ3n) is 3.69. The van der Waals surface area contributed by atoms with Gasteiger partial charge in [-0.15, -0.1) is 0 Å². The number of likely N-dealkylation sites (tertiary alicyclic amines) is 1. The molecule has 0 unspecified atom stereocenters. The van der Waals surface area contributed by atoms with Gasteiger partial charge in [-0.25, -0.2) is 0 Å². The molecule has 1 aromatic carbocycles. The highest BCUT2D eigenvalue weighted by Gasteiger charge is 2.16. The van der Waals surface area contributed by atoms with Crippen molar-refractivity contribution in [3.8, 4) is 11.8 Å². The molecule has 0 radical (unpaired) electrons. The average Bonchev–Trinajstić information content (AvgIpc) is 3.05. The Labute approximate surface area is 125 Å². The van der Waals surface area contributed by atoms with Crippen LogP contribution in [0.1, 0.15) is 30.4 Å². The van der Waals surface area contributed by atoms with E-state index in [2.05, 4.69) is 11.4 Å². The third-order valence-corrected chi connectivity index (χ3v) is 3.69. The molecule has 1 saturated heterocycles. The summed E-state index contributed by atoms with van der Waals surface area (Å²) in [4.78, 5) is 13.8. The topological polar surface area (TPSA) is 65.4 Å². The van der Waals surface area contributed by atoms with Crippen LogP contribution < -0.4 is 10.1 Å². The maximum absolute atomic E-state index is 11.9. The van der Waals surface area contributed by atoms with Crippen molar-refractivity contribution < 1.29 is 9.53 Å². The van der Waals surface area contributed by atoms with E-state index < -0.39 is 0 Å². The van der Waals surface area contributed by atoms with Gasteiger partial charge in [-0.2, -0.15) is 5.26 Å². The van der Waals surface area contributed by atoms with Crippen molar-refractivity contribution in [1.29, 1.82) is 5.26 Å². The molecule has 1 heterocycles. The van der Waals surface area contributed by atoms with E-state index in [0.29, 0.717) is 30.8 Å². The number of nitrogens with zero attached hydrogens (tertiary/aromatic N) is 2. The Morgan fingerprint density at radius 2 is 2.19 bits per heavy atom. The smallest absolute Gasteiger partial charge is 0.223 e. The fourth-order valence-corrected chi connectivity index (χ4v) is 2.51. The highest BCUT2D eigenvalue weighted by molar-refractivity contribution is 5.76. The van der Waals surface area contributed by atoms with Gasteiger partial charge >= 0.3 is 0 Å². The largest absolute Gasteiger partial charge is 0.495 e. The van der Waals surface area contributed by atoms with Gasteiger partial charge in [-0.05, 0) is 30.5 Å². The summed E-state index contributed by atoms with van der Waals surface area (Å²) in [5.74, 6) is 0.818. The van der Waals surface area contributed by atoms with Crippen LogP contribution in [0.15, 0.2) is 18.2 Å². The molecule has 1 aliphatic heterocycles. The molecular formula is C16H21N3O2. The summed E-state index contributed by atoms with van der Waals surface area (Å²) in [7, 11) is 1.55. The molecule has 1 aliphatic rings. The number of ether oxygens (including phenoxy) is 1. The molecular weight excluding hydrogens is 266 g/mol. The lowest BCUT2D eigenvalue weighted by molar-refractivity contribution is -0.130. The van der Waals surface area contributed by atoms with Crippen molar-refractivity contribution in [2.75, 3.05) is 26.7 Å². The number of nitrogens with one attached hydrogen (secondary N) is 1. The minimum atomic E-state index is 0.229. The highest BCUT2D eigenvalue weighted by atomic mass is 16.5. The van der Waals surface area contributed by atoms with Crippen molar-refractivity contribution in [3.05, 3.63) is 29.3 Å². The van der Waals surface area contributed by atoms with E-state index in [0.717, 1.165) is 31.5 Å². The first-order valence-corrected chi connectivity index (χ1v) is 7.30. The van der Waals surface area contributed by atoms with E-state index in [1.54, 1.807) is 13.2 Å². The van der Waals surface area contributed by atoms with Gasteiger partial charge in [0.1, 0.15) is 11.8 Å². The minimum absolute atomic E-state index is 0.229. The number of methoxy groups -OCH3 is 1. The van der Waals surface area contributed by atoms with Crippen molar-refractivity contribution in [2.45, 2.75) is 25.8 Å². The zero-order valence-corrected chi connectivity index (χ0v) is 12.4. The second-order valence-corrected chi connectivity index (χ2v) is 5.16. The molecule has 1 fully saturated rings. The van der Waals surface area contributed by atoms with Gasteiger partial charge in [0.05, 0.1) is 12.7 Å². The van der Waals surface area contributed by atoms with Crippen LogP contribution in [0, 0.1) is 11.3 Å². The molecule has 0 spiro atoms. The van der Waals surface area contributed by atoms with Crippen LogP contribution in [0.3, 0.4) is 0 Å². The lowest BCUT2D eigenvalue weighted by Crippen LogP contribution is -2.30. The lowest BCUT2D eigenvalue weighted by atomic mass is 10.1. The zero-order chi connectivity index (χ0) is 15.1. The quantitative estimate of drug-likeness (QED) is 0.808. The van der Waals surface area contributed by atoms with Crippen molar-refractivity contribution in [2.24, 2.45) is 0 Å². The number of hydrogen-bond donors (Lipinski definition) is 1. The Hall–Kier alpha value is -2.06. The Morgan fingerprint density at radius 1 is 1.43 bits per heavy atom. The molecule has 112 valence electrons. The van der Waals surface area contributed by atoms with Gasteiger partial charge in [0.25, 0.3) is 0 Å². The van der Waals surface area contributed by atoms with E-state index in [1.165, 1.54) is 0 Å². The molecule has 1 amide bonds. The van der Waals surface area contributed by atoms with Crippen molar-refractivity contribution in [1.82, 2.24) is 10.2 Å². The number of carbonyl (C=O) groups excluding carboxylic acids is 1. The summed E-state index contributed by atoms with van der Waals surface area (Å²) >= 11 is 0. The summed E-state index contributed by atoms with van der Waals surface area (Å²) in [6, 6.07) is 7.65. The first-order chi connectivity index (χ1) is 10.2. The van der Waals surface area contributed by atoms with Crippen LogP contribution in [0.5, 0.6) is 5.75 Å². The van der Waals surface area contributed by atoms with E-state index in [-0.39, 0.29) is 5.91 Å². The summed E-state index contributed by atoms with van der Waals surface area (Å²) in [6.45, 7) is 3.11. The third kappa shape index (κ3) is 4.20. The predicted molar refractivity (Wildman–Crippen MR) is 79.8 cm³/mol. The normalized spacial score (nSPS) is 14.0. The van der Waals surface area contributed by atoms with Crippen LogP contribution in [0.4, 0.5) is 0 Å². The SMILES string of the molecule is COc1ccc(CNCCC(=O)N2CCCC2)cc1C#N.